The summed E-state index contributed by atoms with van der Waals surface area (Å²) < 4.78 is 36.0. The number of carbonyl (C=O) groups is 2. The number of carboxylic acid groups (broad SMARTS) is 1. The average molecular weight is 597 g/mol. The maximum atomic E-state index is 13.6. The van der Waals surface area contributed by atoms with Crippen LogP contribution in [0.3, 0.4) is 0 Å². The van der Waals surface area contributed by atoms with Crippen molar-refractivity contribution in [1.29, 1.82) is 0 Å². The molecule has 6 rings (SSSR count). The van der Waals surface area contributed by atoms with Gasteiger partial charge >= 0.3 is 6.09 Å². The van der Waals surface area contributed by atoms with Crippen molar-refractivity contribution >= 4 is 38.7 Å². The smallest absolute Gasteiger partial charge is 0.407 e. The molecule has 12 nitrogen and oxygen atoms in total. The number of pyridine rings is 1. The average Bonchev–Trinajstić information content (AvgIpc) is 3.35. The lowest BCUT2D eigenvalue weighted by Crippen LogP contribution is -2.46. The Bertz CT molecular complexity index is 1570. The third kappa shape index (κ3) is 5.42. The second-order valence-corrected chi connectivity index (χ2v) is 13.3. The molecule has 1 aliphatic carbocycles. The monoisotopic (exact) mass is 596 g/mol. The molecule has 13 heteroatoms. The molecule has 0 atom stereocenters. The normalized spacial score (nSPS) is 19.2. The Morgan fingerprint density at radius 1 is 1.00 bits per heavy atom. The van der Waals surface area contributed by atoms with Gasteiger partial charge in [-0.15, -0.1) is 0 Å². The van der Waals surface area contributed by atoms with Crippen molar-refractivity contribution in [3.05, 3.63) is 47.8 Å². The quantitative estimate of drug-likeness (QED) is 0.418. The summed E-state index contributed by atoms with van der Waals surface area (Å²) in [7, 11) is -2.34. The standard InChI is InChI=1S/C29H36N6O6S/c1-41-21-10-14-33(15-11-21)24-18-23(28(36)32-42(39,40)22-12-16-34(17-13-22)29(37)38)30-27-25(24)26(19-6-5-7-19)31-35(27)20-8-3-2-4-9-20/h2-4,8-9,18-19,21-22H,5-7,10-17H2,1H3,(H,32,36)(H,37,38). The van der Waals surface area contributed by atoms with Crippen LogP contribution in [0.1, 0.15) is 67.0 Å². The van der Waals surface area contributed by atoms with Gasteiger partial charge in [0.15, 0.2) is 5.65 Å². The number of sulfonamides is 1. The fraction of sp³-hybridized carbons (Fsp3) is 0.517. The van der Waals surface area contributed by atoms with Gasteiger partial charge in [0.05, 0.1) is 33.8 Å². The van der Waals surface area contributed by atoms with Crippen molar-refractivity contribution in [2.75, 3.05) is 38.2 Å². The summed E-state index contributed by atoms with van der Waals surface area (Å²) in [5, 5.41) is 14.3. The predicted octanol–water partition coefficient (Wildman–Crippen LogP) is 3.51. The summed E-state index contributed by atoms with van der Waals surface area (Å²) in [6, 6.07) is 11.3. The second-order valence-electron chi connectivity index (χ2n) is 11.4. The van der Waals surface area contributed by atoms with Gasteiger partial charge < -0.3 is 19.6 Å². The largest absolute Gasteiger partial charge is 0.465 e. The zero-order valence-electron chi connectivity index (χ0n) is 23.6. The van der Waals surface area contributed by atoms with Crippen molar-refractivity contribution < 1.29 is 27.9 Å². The number of para-hydroxylation sites is 1. The molecule has 0 unspecified atom stereocenters. The minimum atomic E-state index is -4.06. The molecule has 2 amide bonds. The summed E-state index contributed by atoms with van der Waals surface area (Å²) in [5.74, 6) is -0.511. The van der Waals surface area contributed by atoms with Crippen LogP contribution in [0.15, 0.2) is 36.4 Å². The summed E-state index contributed by atoms with van der Waals surface area (Å²) in [5.41, 5.74) is 3.11. The highest BCUT2D eigenvalue weighted by Gasteiger charge is 2.35. The van der Waals surface area contributed by atoms with Gasteiger partial charge in [-0.3, -0.25) is 4.79 Å². The fourth-order valence-corrected chi connectivity index (χ4v) is 7.52. The molecule has 2 N–H and O–H groups in total. The van der Waals surface area contributed by atoms with Gasteiger partial charge in [0.2, 0.25) is 10.0 Å². The number of benzene rings is 1. The van der Waals surface area contributed by atoms with Crippen LogP contribution in [0.25, 0.3) is 16.7 Å². The van der Waals surface area contributed by atoms with E-state index in [4.69, 9.17) is 14.8 Å². The number of likely N-dealkylation sites (tertiary alicyclic amines) is 1. The van der Waals surface area contributed by atoms with Crippen molar-refractivity contribution in [3.63, 3.8) is 0 Å². The van der Waals surface area contributed by atoms with Gasteiger partial charge in [-0.25, -0.2) is 27.6 Å². The Hall–Kier alpha value is -3.71. The van der Waals surface area contributed by atoms with E-state index in [2.05, 4.69) is 9.62 Å². The van der Waals surface area contributed by atoms with Gasteiger partial charge in [0.1, 0.15) is 5.69 Å². The first-order valence-corrected chi connectivity index (χ1v) is 16.1. The number of anilines is 1. The number of amides is 2. The van der Waals surface area contributed by atoms with E-state index in [1.807, 2.05) is 30.3 Å². The van der Waals surface area contributed by atoms with Crippen LogP contribution >= 0.6 is 0 Å². The van der Waals surface area contributed by atoms with Crippen molar-refractivity contribution in [2.24, 2.45) is 0 Å². The summed E-state index contributed by atoms with van der Waals surface area (Å²) >= 11 is 0. The lowest BCUT2D eigenvalue weighted by Gasteiger charge is -2.34. The van der Waals surface area contributed by atoms with Crippen molar-refractivity contribution in [1.82, 2.24) is 24.4 Å². The number of hydrogen-bond donors (Lipinski definition) is 2. The van der Waals surface area contributed by atoms with E-state index in [0.717, 1.165) is 67.6 Å². The Kier molecular flexibility index (Phi) is 7.79. The van der Waals surface area contributed by atoms with E-state index in [1.165, 1.54) is 4.90 Å². The van der Waals surface area contributed by atoms with Gasteiger partial charge in [-0.2, -0.15) is 5.10 Å². The number of carbonyl (C=O) groups excluding carboxylic acids is 1. The molecule has 3 fully saturated rings. The van der Waals surface area contributed by atoms with E-state index in [9.17, 15) is 23.1 Å². The van der Waals surface area contributed by atoms with Gasteiger partial charge in [0.25, 0.3) is 5.91 Å². The molecule has 1 saturated carbocycles. The molecule has 0 spiro atoms. The summed E-state index contributed by atoms with van der Waals surface area (Å²) in [6.45, 7) is 1.64. The SMILES string of the molecule is COC1CCN(c2cc(C(=O)NS(=O)(=O)C3CCN(C(=O)O)CC3)nc3c2c(C2CCC2)nn3-c2ccccc2)CC1. The van der Waals surface area contributed by atoms with Crippen LogP contribution in [0.5, 0.6) is 0 Å². The Labute approximate surface area is 244 Å². The molecule has 224 valence electrons. The number of methoxy groups -OCH3 is 1. The zero-order valence-corrected chi connectivity index (χ0v) is 24.4. The van der Waals surface area contributed by atoms with E-state index >= 15 is 0 Å². The van der Waals surface area contributed by atoms with Crippen LogP contribution in [-0.2, 0) is 14.8 Å². The number of nitrogens with zero attached hydrogens (tertiary/aromatic N) is 5. The molecule has 2 aliphatic heterocycles. The van der Waals surface area contributed by atoms with Gasteiger partial charge in [0, 0.05) is 39.2 Å². The third-order valence-corrected chi connectivity index (χ3v) is 10.7. The molecule has 1 aromatic carbocycles. The second kappa shape index (κ2) is 11.5. The number of rotatable bonds is 7. The highest BCUT2D eigenvalue weighted by molar-refractivity contribution is 7.90. The lowest BCUT2D eigenvalue weighted by atomic mass is 9.82. The minimum Gasteiger partial charge on any atom is -0.465 e. The van der Waals surface area contributed by atoms with E-state index in [0.29, 0.717) is 11.6 Å². The molecule has 4 heterocycles. The Balaban J connectivity index is 1.40. The lowest BCUT2D eigenvalue weighted by molar-refractivity contribution is 0.0819. The molecular formula is C29H36N6O6S. The first-order chi connectivity index (χ1) is 20.2. The number of piperidine rings is 2. The van der Waals surface area contributed by atoms with Crippen LogP contribution in [-0.4, -0.2) is 89.8 Å². The third-order valence-electron chi connectivity index (χ3n) is 8.87. The molecule has 2 saturated heterocycles. The number of hydrogen-bond acceptors (Lipinski definition) is 8. The molecule has 2 aromatic heterocycles. The van der Waals surface area contributed by atoms with Crippen molar-refractivity contribution in [3.8, 4) is 5.69 Å². The van der Waals surface area contributed by atoms with E-state index in [1.54, 1.807) is 17.9 Å². The molecule has 3 aliphatic rings. The molecule has 0 bridgehead atoms. The van der Waals surface area contributed by atoms with E-state index in [-0.39, 0.29) is 37.7 Å². The Morgan fingerprint density at radius 2 is 1.69 bits per heavy atom. The molecule has 42 heavy (non-hydrogen) atoms. The molecular weight excluding hydrogens is 560 g/mol. The van der Waals surface area contributed by atoms with Crippen LogP contribution in [0.4, 0.5) is 10.5 Å². The number of aromatic nitrogens is 3. The maximum Gasteiger partial charge on any atom is 0.407 e. The highest BCUT2D eigenvalue weighted by atomic mass is 32.2. The van der Waals surface area contributed by atoms with Crippen LogP contribution < -0.4 is 9.62 Å². The minimum absolute atomic E-state index is 0.00449. The van der Waals surface area contributed by atoms with Crippen molar-refractivity contribution in [2.45, 2.75) is 62.2 Å². The van der Waals surface area contributed by atoms with Gasteiger partial charge in [-0.05, 0) is 56.7 Å². The first kappa shape index (κ1) is 28.4. The predicted molar refractivity (Wildman–Crippen MR) is 157 cm³/mol. The number of fused-ring (bicyclic) bond motifs is 1. The summed E-state index contributed by atoms with van der Waals surface area (Å²) in [6.07, 6.45) is 4.19. The topological polar surface area (TPSA) is 147 Å². The van der Waals surface area contributed by atoms with Crippen LogP contribution in [0.2, 0.25) is 0 Å². The fourth-order valence-electron chi connectivity index (χ4n) is 6.16. The number of nitrogens with one attached hydrogen (secondary N) is 1. The van der Waals surface area contributed by atoms with E-state index < -0.39 is 27.3 Å². The van der Waals surface area contributed by atoms with Gasteiger partial charge in [-0.1, -0.05) is 24.6 Å². The first-order valence-electron chi connectivity index (χ1n) is 14.6. The molecule has 3 aromatic rings. The molecule has 0 radical (unpaired) electrons. The Morgan fingerprint density at radius 3 is 2.29 bits per heavy atom. The summed E-state index contributed by atoms with van der Waals surface area (Å²) in [4.78, 5) is 33.0. The zero-order chi connectivity index (χ0) is 29.4. The number of ether oxygens (including phenoxy) is 1. The maximum absolute atomic E-state index is 13.6. The highest BCUT2D eigenvalue weighted by Crippen LogP contribution is 2.43. The van der Waals surface area contributed by atoms with Crippen LogP contribution in [0, 0.1) is 0 Å².